The van der Waals surface area contributed by atoms with E-state index in [0.29, 0.717) is 6.54 Å². The average Bonchev–Trinajstić information content (AvgIpc) is 1.63. The van der Waals surface area contributed by atoms with E-state index in [1.807, 2.05) is 6.92 Å². The summed E-state index contributed by atoms with van der Waals surface area (Å²) in [5.41, 5.74) is 0. The van der Waals surface area contributed by atoms with Crippen LogP contribution in [-0.4, -0.2) is 27.6 Å². The Kier molecular flexibility index (Phi) is 4.29. The number of hydrogen-bond donors (Lipinski definition) is 2. The number of rotatable bonds is 4. The van der Waals surface area contributed by atoms with E-state index >= 15 is 0 Å². The van der Waals surface area contributed by atoms with Gasteiger partial charge in [-0.3, -0.25) is 0 Å². The highest BCUT2D eigenvalue weighted by Gasteiger charge is 1.96. The molecule has 1 atom stereocenters. The van der Waals surface area contributed by atoms with E-state index < -0.39 is 8.77 Å². The maximum atomic E-state index is 10.4. The van der Waals surface area contributed by atoms with Crippen LogP contribution in [-0.2, 0) is 20.0 Å². The topological polar surface area (TPSA) is 49.3 Å². The molecule has 0 amide bonds. The molecule has 9 heavy (non-hydrogen) atoms. The zero-order chi connectivity index (χ0) is 7.33. The summed E-state index contributed by atoms with van der Waals surface area (Å²) in [7, 11) is -2.93. The third-order valence-corrected chi connectivity index (χ3v) is 2.01. The quantitative estimate of drug-likeness (QED) is 0.573. The second kappa shape index (κ2) is 4.16. The first kappa shape index (κ1) is 9.29. The molecule has 0 aliphatic rings. The molecule has 0 saturated carbocycles. The summed E-state index contributed by atoms with van der Waals surface area (Å²) >= 11 is 4.24. The summed E-state index contributed by atoms with van der Waals surface area (Å²) in [6.07, 6.45) is 0. The van der Waals surface area contributed by atoms with Crippen LogP contribution in [0.3, 0.4) is 0 Å². The predicted molar refractivity (Wildman–Crippen MR) is 41.5 cm³/mol. The molecule has 56 valence electrons. The summed E-state index contributed by atoms with van der Waals surface area (Å²) in [4.78, 5) is 0. The fraction of sp³-hybridized carbons (Fsp3) is 1.00. The first-order valence-corrected chi connectivity index (χ1v) is 5.33. The SMILES string of the molecule is CCNCCS(=O)(O)=S. The summed E-state index contributed by atoms with van der Waals surface area (Å²) < 4.78 is 18.9. The fourth-order valence-corrected chi connectivity index (χ4v) is 1.03. The molecule has 0 spiro atoms. The van der Waals surface area contributed by atoms with Crippen molar-refractivity contribution in [3.8, 4) is 0 Å². The highest BCUT2D eigenvalue weighted by Crippen LogP contribution is 1.78. The monoisotopic (exact) mass is 169 g/mol. The first-order valence-electron chi connectivity index (χ1n) is 2.72. The van der Waals surface area contributed by atoms with Crippen LogP contribution in [0.25, 0.3) is 0 Å². The smallest absolute Gasteiger partial charge is 0.142 e. The summed E-state index contributed by atoms with van der Waals surface area (Å²) in [5, 5.41) is 2.90. The molecule has 0 bridgehead atoms. The van der Waals surface area contributed by atoms with Gasteiger partial charge in [0.15, 0.2) is 0 Å². The van der Waals surface area contributed by atoms with Crippen LogP contribution < -0.4 is 5.32 Å². The van der Waals surface area contributed by atoms with E-state index in [4.69, 9.17) is 4.55 Å². The minimum absolute atomic E-state index is 0.163. The van der Waals surface area contributed by atoms with Crippen LogP contribution in [0.4, 0.5) is 0 Å². The first-order chi connectivity index (χ1) is 4.06. The molecule has 0 rings (SSSR count). The third-order valence-electron chi connectivity index (χ3n) is 0.787. The molecular formula is C4H11NO2S2. The highest BCUT2D eigenvalue weighted by atomic mass is 32.8. The Bertz CT molecular complexity index is 152. The summed E-state index contributed by atoms with van der Waals surface area (Å²) in [6.45, 7) is 3.27. The molecular weight excluding hydrogens is 158 g/mol. The van der Waals surface area contributed by atoms with Gasteiger partial charge >= 0.3 is 0 Å². The Hall–Kier alpha value is 0.290. The van der Waals surface area contributed by atoms with E-state index in [0.717, 1.165) is 6.54 Å². The third kappa shape index (κ3) is 8.29. The fourth-order valence-electron chi connectivity index (χ4n) is 0.378. The minimum Gasteiger partial charge on any atom is -0.316 e. The van der Waals surface area contributed by atoms with Gasteiger partial charge < -0.3 is 9.87 Å². The summed E-state index contributed by atoms with van der Waals surface area (Å²) in [5.74, 6) is 0.163. The van der Waals surface area contributed by atoms with Crippen molar-refractivity contribution in [1.29, 1.82) is 0 Å². The molecule has 2 N–H and O–H groups in total. The maximum absolute atomic E-state index is 10.4. The van der Waals surface area contributed by atoms with E-state index in [-0.39, 0.29) is 5.75 Å². The van der Waals surface area contributed by atoms with Gasteiger partial charge in [0, 0.05) is 17.7 Å². The Morgan fingerprint density at radius 3 is 2.67 bits per heavy atom. The van der Waals surface area contributed by atoms with Crippen LogP contribution in [0.5, 0.6) is 0 Å². The van der Waals surface area contributed by atoms with E-state index in [1.54, 1.807) is 0 Å². The van der Waals surface area contributed by atoms with Crippen molar-refractivity contribution in [2.75, 3.05) is 18.8 Å². The molecule has 1 unspecified atom stereocenters. The van der Waals surface area contributed by atoms with Crippen molar-refractivity contribution in [3.63, 3.8) is 0 Å². The molecule has 0 aromatic carbocycles. The van der Waals surface area contributed by atoms with Crippen molar-refractivity contribution in [2.45, 2.75) is 6.92 Å². The normalized spacial score (nSPS) is 17.1. The molecule has 0 radical (unpaired) electrons. The van der Waals surface area contributed by atoms with Crippen LogP contribution in [0.2, 0.25) is 0 Å². The second-order valence-electron chi connectivity index (χ2n) is 1.64. The van der Waals surface area contributed by atoms with E-state index in [2.05, 4.69) is 16.5 Å². The van der Waals surface area contributed by atoms with Gasteiger partial charge in [-0.1, -0.05) is 6.92 Å². The Morgan fingerprint density at radius 1 is 1.78 bits per heavy atom. The van der Waals surface area contributed by atoms with Gasteiger partial charge in [0.25, 0.3) is 0 Å². The number of nitrogens with one attached hydrogen (secondary N) is 1. The molecule has 0 aromatic rings. The van der Waals surface area contributed by atoms with Crippen LogP contribution in [0, 0.1) is 0 Å². The van der Waals surface area contributed by atoms with Crippen LogP contribution in [0.15, 0.2) is 0 Å². The number of hydrogen-bond acceptors (Lipinski definition) is 3. The van der Waals surface area contributed by atoms with Gasteiger partial charge in [-0.2, -0.15) is 0 Å². The Labute approximate surface area is 60.3 Å². The molecule has 3 nitrogen and oxygen atoms in total. The molecule has 0 heterocycles. The molecule has 0 aliphatic heterocycles. The lowest BCUT2D eigenvalue weighted by atomic mass is 10.7. The zero-order valence-corrected chi connectivity index (χ0v) is 6.93. The standard InChI is InChI=1S/C4H11NO2S2/c1-2-5-3-4-9(6,7)8/h5H,2-4H2,1H3,(H,6,7,8). The van der Waals surface area contributed by atoms with Gasteiger partial charge in [-0.05, 0) is 6.54 Å². The van der Waals surface area contributed by atoms with Crippen molar-refractivity contribution < 1.29 is 8.76 Å². The minimum atomic E-state index is -2.93. The highest BCUT2D eigenvalue weighted by molar-refractivity contribution is 8.29. The van der Waals surface area contributed by atoms with Gasteiger partial charge in [-0.25, -0.2) is 4.21 Å². The predicted octanol–water partition coefficient (Wildman–Crippen LogP) is -0.185. The van der Waals surface area contributed by atoms with Gasteiger partial charge in [-0.15, -0.1) is 0 Å². The molecule has 5 heteroatoms. The van der Waals surface area contributed by atoms with Gasteiger partial charge in [0.05, 0.1) is 5.75 Å². The van der Waals surface area contributed by atoms with Crippen molar-refractivity contribution in [3.05, 3.63) is 0 Å². The largest absolute Gasteiger partial charge is 0.316 e. The van der Waals surface area contributed by atoms with Gasteiger partial charge in [0.2, 0.25) is 0 Å². The Balaban J connectivity index is 3.30. The van der Waals surface area contributed by atoms with Crippen molar-refractivity contribution >= 4 is 20.0 Å². The second-order valence-corrected chi connectivity index (χ2v) is 4.77. The molecule has 0 aromatic heterocycles. The van der Waals surface area contributed by atoms with E-state index in [1.165, 1.54) is 0 Å². The van der Waals surface area contributed by atoms with E-state index in [9.17, 15) is 4.21 Å². The van der Waals surface area contributed by atoms with Gasteiger partial charge in [0.1, 0.15) is 8.77 Å². The van der Waals surface area contributed by atoms with Crippen molar-refractivity contribution in [1.82, 2.24) is 5.32 Å². The Morgan fingerprint density at radius 2 is 2.33 bits per heavy atom. The zero-order valence-electron chi connectivity index (χ0n) is 5.29. The summed E-state index contributed by atoms with van der Waals surface area (Å²) in [6, 6.07) is 0. The lowest BCUT2D eigenvalue weighted by Crippen LogP contribution is -2.21. The van der Waals surface area contributed by atoms with Crippen LogP contribution >= 0.6 is 0 Å². The molecule has 0 saturated heterocycles. The lowest BCUT2D eigenvalue weighted by molar-refractivity contribution is 0.558. The van der Waals surface area contributed by atoms with Crippen LogP contribution in [0.1, 0.15) is 6.92 Å². The molecule has 0 fully saturated rings. The maximum Gasteiger partial charge on any atom is 0.142 e. The average molecular weight is 169 g/mol. The van der Waals surface area contributed by atoms with Crippen molar-refractivity contribution in [2.24, 2.45) is 0 Å². The molecule has 0 aliphatic carbocycles. The lowest BCUT2D eigenvalue weighted by Gasteiger charge is -1.98.